The minimum atomic E-state index is -0.787. The van der Waals surface area contributed by atoms with Crippen LogP contribution in [0.5, 0.6) is 5.75 Å². The molecular weight excluding hydrogens is 249 g/mol. The lowest BCUT2D eigenvalue weighted by molar-refractivity contribution is -0.152. The number of halogens is 1. The van der Waals surface area contributed by atoms with E-state index in [9.17, 15) is 9.18 Å². The molecule has 0 saturated carbocycles. The van der Waals surface area contributed by atoms with Gasteiger partial charge < -0.3 is 15.2 Å². The van der Waals surface area contributed by atoms with Crippen molar-refractivity contribution in [1.82, 2.24) is 0 Å². The number of carbonyl (C=O) groups is 1. The van der Waals surface area contributed by atoms with Crippen LogP contribution in [0, 0.1) is 11.2 Å². The first-order chi connectivity index (χ1) is 8.77. The molecule has 0 heterocycles. The van der Waals surface area contributed by atoms with E-state index in [2.05, 4.69) is 4.74 Å². The predicted molar refractivity (Wildman–Crippen MR) is 70.3 cm³/mol. The van der Waals surface area contributed by atoms with Crippen LogP contribution in [0.25, 0.3) is 0 Å². The van der Waals surface area contributed by atoms with Gasteiger partial charge in [-0.2, -0.15) is 0 Å². The second-order valence-corrected chi connectivity index (χ2v) is 5.14. The molecule has 0 aliphatic rings. The van der Waals surface area contributed by atoms with Crippen molar-refractivity contribution < 1.29 is 18.7 Å². The Balaban J connectivity index is 2.74. The van der Waals surface area contributed by atoms with Crippen LogP contribution < -0.4 is 10.5 Å². The third-order valence-corrected chi connectivity index (χ3v) is 2.80. The van der Waals surface area contributed by atoms with Crippen LogP contribution in [0.4, 0.5) is 4.39 Å². The molecule has 1 atom stereocenters. The summed E-state index contributed by atoms with van der Waals surface area (Å²) in [7, 11) is 1.32. The first-order valence-electron chi connectivity index (χ1n) is 6.04. The van der Waals surface area contributed by atoms with Crippen LogP contribution in [-0.2, 0) is 9.53 Å². The maximum Gasteiger partial charge on any atom is 0.314 e. The van der Waals surface area contributed by atoms with E-state index in [0.29, 0.717) is 11.3 Å². The standard InChI is InChI=1S/C14H20FNO3/c1-9(16)11-6-5-10(7-12(11)15)19-8-14(2,3)13(17)18-4/h5-7,9H,8,16H2,1-4H3/t9-/m0/s1. The maximum atomic E-state index is 13.7. The molecule has 0 fully saturated rings. The first-order valence-corrected chi connectivity index (χ1v) is 6.04. The molecule has 5 heteroatoms. The number of hydrogen-bond donors (Lipinski definition) is 1. The van der Waals surface area contributed by atoms with Gasteiger partial charge in [-0.15, -0.1) is 0 Å². The molecule has 19 heavy (non-hydrogen) atoms. The fourth-order valence-electron chi connectivity index (χ4n) is 1.57. The molecule has 0 aliphatic carbocycles. The molecule has 0 aliphatic heterocycles. The number of methoxy groups -OCH3 is 1. The zero-order chi connectivity index (χ0) is 14.6. The summed E-state index contributed by atoms with van der Waals surface area (Å²) in [4.78, 5) is 11.5. The molecule has 0 aromatic heterocycles. The van der Waals surface area contributed by atoms with Gasteiger partial charge in [-0.25, -0.2) is 4.39 Å². The summed E-state index contributed by atoms with van der Waals surface area (Å²) in [5, 5.41) is 0. The quantitative estimate of drug-likeness (QED) is 0.834. The molecule has 1 rings (SSSR count). The monoisotopic (exact) mass is 269 g/mol. The minimum Gasteiger partial charge on any atom is -0.492 e. The second-order valence-electron chi connectivity index (χ2n) is 5.14. The van der Waals surface area contributed by atoms with Crippen LogP contribution in [0.3, 0.4) is 0 Å². The summed E-state index contributed by atoms with van der Waals surface area (Å²) in [5.74, 6) is -0.428. The Labute approximate surface area is 112 Å². The molecular formula is C14H20FNO3. The number of hydrogen-bond acceptors (Lipinski definition) is 4. The van der Waals surface area contributed by atoms with E-state index in [1.807, 2.05) is 0 Å². The number of benzene rings is 1. The smallest absolute Gasteiger partial charge is 0.314 e. The number of nitrogens with two attached hydrogens (primary N) is 1. The molecule has 0 unspecified atom stereocenters. The van der Waals surface area contributed by atoms with Gasteiger partial charge in [0.15, 0.2) is 0 Å². The van der Waals surface area contributed by atoms with Gasteiger partial charge in [0.05, 0.1) is 12.5 Å². The Morgan fingerprint density at radius 3 is 2.58 bits per heavy atom. The number of rotatable bonds is 5. The average Bonchev–Trinajstić information content (AvgIpc) is 2.35. The van der Waals surface area contributed by atoms with Crippen LogP contribution in [0.15, 0.2) is 18.2 Å². The summed E-state index contributed by atoms with van der Waals surface area (Å²) in [6.45, 7) is 5.22. The van der Waals surface area contributed by atoms with Gasteiger partial charge in [-0.3, -0.25) is 4.79 Å². The van der Waals surface area contributed by atoms with E-state index in [-0.39, 0.29) is 18.6 Å². The molecule has 0 spiro atoms. The Hall–Kier alpha value is -1.62. The molecule has 106 valence electrons. The van der Waals surface area contributed by atoms with E-state index < -0.39 is 11.2 Å². The van der Waals surface area contributed by atoms with E-state index in [1.165, 1.54) is 13.2 Å². The topological polar surface area (TPSA) is 61.5 Å². The molecule has 0 saturated heterocycles. The average molecular weight is 269 g/mol. The van der Waals surface area contributed by atoms with Crippen molar-refractivity contribution in [2.24, 2.45) is 11.1 Å². The van der Waals surface area contributed by atoms with Crippen molar-refractivity contribution in [2.45, 2.75) is 26.8 Å². The fraction of sp³-hybridized carbons (Fsp3) is 0.500. The normalized spacial score (nSPS) is 12.9. The Morgan fingerprint density at radius 2 is 2.11 bits per heavy atom. The lowest BCUT2D eigenvalue weighted by atomic mass is 9.95. The fourth-order valence-corrected chi connectivity index (χ4v) is 1.57. The number of carbonyl (C=O) groups excluding carboxylic acids is 1. The highest BCUT2D eigenvalue weighted by Gasteiger charge is 2.29. The van der Waals surface area contributed by atoms with E-state index >= 15 is 0 Å². The highest BCUT2D eigenvalue weighted by molar-refractivity contribution is 5.75. The molecule has 1 aromatic carbocycles. The van der Waals surface area contributed by atoms with Gasteiger partial charge in [-0.05, 0) is 26.8 Å². The minimum absolute atomic E-state index is 0.108. The summed E-state index contributed by atoms with van der Waals surface area (Å²) >= 11 is 0. The first kappa shape index (κ1) is 15.4. The lowest BCUT2D eigenvalue weighted by Crippen LogP contribution is -2.32. The van der Waals surface area contributed by atoms with Crippen molar-refractivity contribution >= 4 is 5.97 Å². The largest absolute Gasteiger partial charge is 0.492 e. The molecule has 1 aromatic rings. The third kappa shape index (κ3) is 3.92. The van der Waals surface area contributed by atoms with Gasteiger partial charge >= 0.3 is 5.97 Å². The molecule has 4 nitrogen and oxygen atoms in total. The van der Waals surface area contributed by atoms with Gasteiger partial charge in [0.1, 0.15) is 18.2 Å². The zero-order valence-electron chi connectivity index (χ0n) is 11.7. The summed E-state index contributed by atoms with van der Waals surface area (Å²) in [6.07, 6.45) is 0. The van der Waals surface area contributed by atoms with Crippen molar-refractivity contribution in [1.29, 1.82) is 0 Å². The number of esters is 1. The van der Waals surface area contributed by atoms with Crippen molar-refractivity contribution in [3.8, 4) is 5.75 Å². The highest BCUT2D eigenvalue weighted by Crippen LogP contribution is 2.23. The van der Waals surface area contributed by atoms with Gasteiger partial charge in [-0.1, -0.05) is 6.07 Å². The molecule has 0 radical (unpaired) electrons. The Bertz CT molecular complexity index is 458. The lowest BCUT2D eigenvalue weighted by Gasteiger charge is -2.21. The summed E-state index contributed by atoms with van der Waals surface area (Å²) in [5.41, 5.74) is 5.27. The van der Waals surface area contributed by atoms with Crippen molar-refractivity contribution in [2.75, 3.05) is 13.7 Å². The van der Waals surface area contributed by atoms with Crippen LogP contribution in [0.2, 0.25) is 0 Å². The Morgan fingerprint density at radius 1 is 1.47 bits per heavy atom. The van der Waals surface area contributed by atoms with Gasteiger partial charge in [0.25, 0.3) is 0 Å². The molecule has 0 amide bonds. The van der Waals surface area contributed by atoms with Crippen molar-refractivity contribution in [3.63, 3.8) is 0 Å². The van der Waals surface area contributed by atoms with Gasteiger partial charge in [0.2, 0.25) is 0 Å². The zero-order valence-corrected chi connectivity index (χ0v) is 11.7. The van der Waals surface area contributed by atoms with E-state index in [4.69, 9.17) is 10.5 Å². The van der Waals surface area contributed by atoms with Crippen LogP contribution >= 0.6 is 0 Å². The molecule has 0 bridgehead atoms. The van der Waals surface area contributed by atoms with Crippen molar-refractivity contribution in [3.05, 3.63) is 29.6 Å². The maximum absolute atomic E-state index is 13.7. The molecule has 2 N–H and O–H groups in total. The predicted octanol–water partition coefficient (Wildman–Crippen LogP) is 2.42. The second kappa shape index (κ2) is 6.02. The number of ether oxygens (including phenoxy) is 2. The van der Waals surface area contributed by atoms with Crippen LogP contribution in [0.1, 0.15) is 32.4 Å². The third-order valence-electron chi connectivity index (χ3n) is 2.80. The van der Waals surface area contributed by atoms with E-state index in [0.717, 1.165) is 0 Å². The van der Waals surface area contributed by atoms with E-state index in [1.54, 1.807) is 32.9 Å². The summed E-state index contributed by atoms with van der Waals surface area (Å²) in [6, 6.07) is 4.11. The summed E-state index contributed by atoms with van der Waals surface area (Å²) < 4.78 is 23.8. The SMILES string of the molecule is COC(=O)C(C)(C)COc1ccc([C@H](C)N)c(F)c1. The van der Waals surface area contributed by atoms with Gasteiger partial charge in [0, 0.05) is 17.7 Å². The van der Waals surface area contributed by atoms with Crippen LogP contribution in [-0.4, -0.2) is 19.7 Å². The Kier molecular flexibility index (Phi) is 4.89. The highest BCUT2D eigenvalue weighted by atomic mass is 19.1.